The van der Waals surface area contributed by atoms with Crippen molar-refractivity contribution in [3.63, 3.8) is 0 Å². The summed E-state index contributed by atoms with van der Waals surface area (Å²) in [6.07, 6.45) is 0. The molecule has 0 amide bonds. The summed E-state index contributed by atoms with van der Waals surface area (Å²) in [7, 11) is 1.90. The predicted octanol–water partition coefficient (Wildman–Crippen LogP) is 4.63. The summed E-state index contributed by atoms with van der Waals surface area (Å²) in [6.45, 7) is 0.500. The standard InChI is InChI=1S/C15H12Cl2FN3/c1-21-14-5-3-2-4-10(14)13(20-21)8-19-9-6-11(16)15(18)12(17)7-9/h2-7,19H,8H2,1H3. The van der Waals surface area contributed by atoms with Crippen LogP contribution >= 0.6 is 23.2 Å². The molecule has 3 aromatic rings. The van der Waals surface area contributed by atoms with Crippen LogP contribution in [0, 0.1) is 5.82 Å². The second-order valence-corrected chi connectivity index (χ2v) is 5.51. The van der Waals surface area contributed by atoms with Crippen molar-refractivity contribution in [1.82, 2.24) is 9.78 Å². The Hall–Kier alpha value is -1.78. The molecular weight excluding hydrogens is 312 g/mol. The fraction of sp³-hybridized carbons (Fsp3) is 0.133. The van der Waals surface area contributed by atoms with Gasteiger partial charge in [-0.25, -0.2) is 4.39 Å². The summed E-state index contributed by atoms with van der Waals surface area (Å²) < 4.78 is 15.2. The number of nitrogens with zero attached hydrogens (tertiary/aromatic N) is 2. The monoisotopic (exact) mass is 323 g/mol. The molecule has 1 aromatic heterocycles. The second kappa shape index (κ2) is 5.54. The fourth-order valence-corrected chi connectivity index (χ4v) is 2.75. The smallest absolute Gasteiger partial charge is 0.160 e. The SMILES string of the molecule is Cn1nc(CNc2cc(Cl)c(F)c(Cl)c2)c2ccccc21. The molecule has 1 heterocycles. The number of halogens is 3. The van der Waals surface area contributed by atoms with Crippen LogP contribution < -0.4 is 5.32 Å². The first kappa shape index (κ1) is 14.2. The van der Waals surface area contributed by atoms with Crippen molar-refractivity contribution >= 4 is 39.8 Å². The number of rotatable bonds is 3. The van der Waals surface area contributed by atoms with Gasteiger partial charge in [-0.3, -0.25) is 4.68 Å². The van der Waals surface area contributed by atoms with Crippen molar-refractivity contribution in [2.45, 2.75) is 6.54 Å². The summed E-state index contributed by atoms with van der Waals surface area (Å²) in [5, 5.41) is 8.71. The van der Waals surface area contributed by atoms with Gasteiger partial charge in [-0.05, 0) is 18.2 Å². The number of fused-ring (bicyclic) bond motifs is 1. The van der Waals surface area contributed by atoms with Gasteiger partial charge in [0, 0.05) is 18.1 Å². The van der Waals surface area contributed by atoms with E-state index in [0.717, 1.165) is 16.6 Å². The highest BCUT2D eigenvalue weighted by molar-refractivity contribution is 6.35. The zero-order valence-corrected chi connectivity index (χ0v) is 12.7. The van der Waals surface area contributed by atoms with Crippen molar-refractivity contribution < 1.29 is 4.39 Å². The third-order valence-corrected chi connectivity index (χ3v) is 3.83. The van der Waals surface area contributed by atoms with Crippen LogP contribution in [0.2, 0.25) is 10.0 Å². The molecule has 0 saturated heterocycles. The van der Waals surface area contributed by atoms with Gasteiger partial charge in [-0.1, -0.05) is 41.4 Å². The maximum Gasteiger partial charge on any atom is 0.160 e. The van der Waals surface area contributed by atoms with E-state index in [1.165, 1.54) is 12.1 Å². The highest BCUT2D eigenvalue weighted by Crippen LogP contribution is 2.28. The van der Waals surface area contributed by atoms with Crippen molar-refractivity contribution in [1.29, 1.82) is 0 Å². The first-order valence-corrected chi connectivity index (χ1v) is 7.11. The zero-order chi connectivity index (χ0) is 15.0. The van der Waals surface area contributed by atoms with Crippen LogP contribution in [-0.2, 0) is 13.6 Å². The number of anilines is 1. The number of aromatic nitrogens is 2. The average Bonchev–Trinajstić information content (AvgIpc) is 2.79. The van der Waals surface area contributed by atoms with Gasteiger partial charge in [0.25, 0.3) is 0 Å². The topological polar surface area (TPSA) is 29.9 Å². The van der Waals surface area contributed by atoms with Gasteiger partial charge in [-0.15, -0.1) is 0 Å². The molecule has 3 rings (SSSR count). The molecule has 0 fully saturated rings. The van der Waals surface area contributed by atoms with E-state index in [1.807, 2.05) is 36.0 Å². The second-order valence-electron chi connectivity index (χ2n) is 4.69. The van der Waals surface area contributed by atoms with Crippen LogP contribution in [0.5, 0.6) is 0 Å². The minimum atomic E-state index is -0.604. The van der Waals surface area contributed by atoms with Gasteiger partial charge in [0.05, 0.1) is 27.8 Å². The molecule has 0 aliphatic rings. The summed E-state index contributed by atoms with van der Waals surface area (Å²) >= 11 is 11.6. The van der Waals surface area contributed by atoms with Crippen LogP contribution in [0.15, 0.2) is 36.4 Å². The van der Waals surface area contributed by atoms with E-state index in [1.54, 1.807) is 0 Å². The third-order valence-electron chi connectivity index (χ3n) is 3.28. The van der Waals surface area contributed by atoms with Gasteiger partial charge < -0.3 is 5.32 Å². The molecule has 0 bridgehead atoms. The molecular formula is C15H12Cl2FN3. The van der Waals surface area contributed by atoms with E-state index in [2.05, 4.69) is 10.4 Å². The van der Waals surface area contributed by atoms with Gasteiger partial charge in [-0.2, -0.15) is 5.10 Å². The molecule has 3 nitrogen and oxygen atoms in total. The lowest BCUT2D eigenvalue weighted by Gasteiger charge is -2.07. The third kappa shape index (κ3) is 2.69. The quantitative estimate of drug-likeness (QED) is 0.712. The first-order chi connectivity index (χ1) is 10.1. The molecule has 0 spiro atoms. The maximum atomic E-state index is 13.4. The number of nitrogens with one attached hydrogen (secondary N) is 1. The Labute approximate surface area is 131 Å². The summed E-state index contributed by atoms with van der Waals surface area (Å²) in [5.74, 6) is -0.604. The Balaban J connectivity index is 1.87. The first-order valence-electron chi connectivity index (χ1n) is 6.35. The number of aryl methyl sites for hydroxylation is 1. The minimum Gasteiger partial charge on any atom is -0.379 e. The van der Waals surface area contributed by atoms with Crippen LogP contribution in [0.1, 0.15) is 5.69 Å². The normalized spacial score (nSPS) is 11.0. The van der Waals surface area contributed by atoms with E-state index >= 15 is 0 Å². The molecule has 0 saturated carbocycles. The van der Waals surface area contributed by atoms with Gasteiger partial charge in [0.1, 0.15) is 0 Å². The van der Waals surface area contributed by atoms with E-state index in [9.17, 15) is 4.39 Å². The molecule has 0 atom stereocenters. The van der Waals surface area contributed by atoms with E-state index in [4.69, 9.17) is 23.2 Å². The Morgan fingerprint density at radius 1 is 1.19 bits per heavy atom. The molecule has 0 aliphatic carbocycles. The van der Waals surface area contributed by atoms with Crippen molar-refractivity contribution in [3.05, 3.63) is 58.0 Å². The van der Waals surface area contributed by atoms with Gasteiger partial charge in [0.15, 0.2) is 5.82 Å². The highest BCUT2D eigenvalue weighted by Gasteiger charge is 2.10. The van der Waals surface area contributed by atoms with Crippen LogP contribution in [0.3, 0.4) is 0 Å². The lowest BCUT2D eigenvalue weighted by molar-refractivity contribution is 0.629. The lowest BCUT2D eigenvalue weighted by atomic mass is 10.2. The van der Waals surface area contributed by atoms with E-state index < -0.39 is 5.82 Å². The molecule has 0 aliphatic heterocycles. The summed E-state index contributed by atoms with van der Waals surface area (Å²) in [5.41, 5.74) is 2.62. The minimum absolute atomic E-state index is 0.00382. The molecule has 108 valence electrons. The molecule has 1 N–H and O–H groups in total. The lowest BCUT2D eigenvalue weighted by Crippen LogP contribution is -2.02. The zero-order valence-electron chi connectivity index (χ0n) is 11.2. The Bertz CT molecular complexity index is 791. The molecule has 6 heteroatoms. The summed E-state index contributed by atoms with van der Waals surface area (Å²) in [6, 6.07) is 11.0. The molecule has 21 heavy (non-hydrogen) atoms. The molecule has 0 radical (unpaired) electrons. The van der Waals surface area contributed by atoms with Gasteiger partial charge >= 0.3 is 0 Å². The molecule has 2 aromatic carbocycles. The van der Waals surface area contributed by atoms with Crippen LogP contribution in [0.4, 0.5) is 10.1 Å². The number of hydrogen-bond acceptors (Lipinski definition) is 2. The Kier molecular flexibility index (Phi) is 3.74. The summed E-state index contributed by atoms with van der Waals surface area (Å²) in [4.78, 5) is 0. The maximum absolute atomic E-state index is 13.4. The predicted molar refractivity (Wildman–Crippen MR) is 84.5 cm³/mol. The van der Waals surface area contributed by atoms with Crippen LogP contribution in [0.25, 0.3) is 10.9 Å². The van der Waals surface area contributed by atoms with Crippen molar-refractivity contribution in [2.24, 2.45) is 7.05 Å². The number of para-hydroxylation sites is 1. The highest BCUT2D eigenvalue weighted by atomic mass is 35.5. The average molecular weight is 324 g/mol. The van der Waals surface area contributed by atoms with E-state index in [-0.39, 0.29) is 10.0 Å². The molecule has 0 unspecified atom stereocenters. The van der Waals surface area contributed by atoms with Crippen molar-refractivity contribution in [2.75, 3.05) is 5.32 Å². The van der Waals surface area contributed by atoms with Crippen LogP contribution in [-0.4, -0.2) is 9.78 Å². The fourth-order valence-electron chi connectivity index (χ4n) is 2.26. The van der Waals surface area contributed by atoms with E-state index in [0.29, 0.717) is 12.2 Å². The number of benzene rings is 2. The van der Waals surface area contributed by atoms with Gasteiger partial charge in [0.2, 0.25) is 0 Å². The largest absolute Gasteiger partial charge is 0.379 e. The Morgan fingerprint density at radius 2 is 1.86 bits per heavy atom. The number of hydrogen-bond donors (Lipinski definition) is 1. The Morgan fingerprint density at radius 3 is 2.57 bits per heavy atom. The van der Waals surface area contributed by atoms with Crippen molar-refractivity contribution in [3.8, 4) is 0 Å².